The fourth-order valence-corrected chi connectivity index (χ4v) is 3.01. The summed E-state index contributed by atoms with van der Waals surface area (Å²) in [6, 6.07) is 7.22. The Balaban J connectivity index is 2.19. The van der Waals surface area contributed by atoms with Crippen LogP contribution in [0.15, 0.2) is 35.3 Å². The van der Waals surface area contributed by atoms with Crippen molar-refractivity contribution in [2.45, 2.75) is 70.9 Å². The van der Waals surface area contributed by atoms with Crippen LogP contribution in [0, 0.1) is 0 Å². The Hall–Kier alpha value is -3.10. The summed E-state index contributed by atoms with van der Waals surface area (Å²) >= 11 is 0. The first-order chi connectivity index (χ1) is 14.5. The monoisotopic (exact) mass is 433 g/mol. The van der Waals surface area contributed by atoms with Crippen molar-refractivity contribution in [2.24, 2.45) is 4.99 Å². The highest BCUT2D eigenvalue weighted by Gasteiger charge is 2.38. The van der Waals surface area contributed by atoms with Crippen LogP contribution in [0.4, 0.5) is 4.79 Å². The van der Waals surface area contributed by atoms with E-state index in [9.17, 15) is 14.4 Å². The van der Waals surface area contributed by atoms with E-state index < -0.39 is 47.8 Å². The summed E-state index contributed by atoms with van der Waals surface area (Å²) in [5.74, 6) is -0.790. The molecule has 170 valence electrons. The van der Waals surface area contributed by atoms with Gasteiger partial charge in [0.1, 0.15) is 23.8 Å². The Bertz CT molecular complexity index is 818. The number of aliphatic imine (C=N–C) groups is 1. The van der Waals surface area contributed by atoms with Crippen molar-refractivity contribution in [3.8, 4) is 0 Å². The van der Waals surface area contributed by atoms with Gasteiger partial charge in [0.15, 0.2) is 6.04 Å². The number of hydrogen-bond acceptors (Lipinski definition) is 7. The molecule has 1 aliphatic heterocycles. The molecule has 9 heteroatoms. The van der Waals surface area contributed by atoms with Gasteiger partial charge in [0.2, 0.25) is 11.8 Å². The van der Waals surface area contributed by atoms with Gasteiger partial charge in [0.05, 0.1) is 7.11 Å². The molecule has 1 aromatic rings. The van der Waals surface area contributed by atoms with Crippen LogP contribution in [-0.2, 0) is 30.2 Å². The van der Waals surface area contributed by atoms with E-state index in [4.69, 9.17) is 9.47 Å². The Morgan fingerprint density at radius 3 is 2.39 bits per heavy atom. The molecule has 0 aliphatic carbocycles. The average molecular weight is 434 g/mol. The number of rotatable bonds is 7. The van der Waals surface area contributed by atoms with Crippen molar-refractivity contribution in [3.63, 3.8) is 0 Å². The second kappa shape index (κ2) is 10.3. The molecule has 0 saturated heterocycles. The van der Waals surface area contributed by atoms with Crippen LogP contribution in [0.5, 0.6) is 0 Å². The number of hydrogen-bond donors (Lipinski definition) is 2. The van der Waals surface area contributed by atoms with Crippen molar-refractivity contribution >= 4 is 23.9 Å². The summed E-state index contributed by atoms with van der Waals surface area (Å²) in [5, 5.41) is 5.36. The summed E-state index contributed by atoms with van der Waals surface area (Å²) in [6.45, 7) is 8.54. The fraction of sp³-hybridized carbons (Fsp3) is 0.545. The lowest BCUT2D eigenvalue weighted by Gasteiger charge is -2.24. The van der Waals surface area contributed by atoms with Gasteiger partial charge in [-0.2, -0.15) is 0 Å². The summed E-state index contributed by atoms with van der Waals surface area (Å²) < 4.78 is 15.8. The number of benzene rings is 1. The highest BCUT2D eigenvalue weighted by Crippen LogP contribution is 2.18. The summed E-state index contributed by atoms with van der Waals surface area (Å²) in [7, 11) is 1.25. The average Bonchev–Trinajstić information content (AvgIpc) is 3.08. The minimum atomic E-state index is -0.860. The second-order valence-corrected chi connectivity index (χ2v) is 8.38. The zero-order valence-corrected chi connectivity index (χ0v) is 18.8. The van der Waals surface area contributed by atoms with E-state index in [1.165, 1.54) is 14.0 Å². The maximum absolute atomic E-state index is 12.6. The van der Waals surface area contributed by atoms with Crippen LogP contribution >= 0.6 is 0 Å². The molecular weight excluding hydrogens is 402 g/mol. The molecule has 2 amide bonds. The quantitative estimate of drug-likeness (QED) is 0.636. The van der Waals surface area contributed by atoms with Crippen molar-refractivity contribution in [1.82, 2.24) is 10.6 Å². The van der Waals surface area contributed by atoms with Crippen LogP contribution in [0.3, 0.4) is 0 Å². The number of carbonyl (C=O) groups excluding carboxylic acids is 3. The van der Waals surface area contributed by atoms with E-state index in [-0.39, 0.29) is 5.90 Å². The molecule has 1 aliphatic rings. The first-order valence-corrected chi connectivity index (χ1v) is 10.2. The van der Waals surface area contributed by atoms with Crippen LogP contribution < -0.4 is 10.6 Å². The Morgan fingerprint density at radius 1 is 1.16 bits per heavy atom. The number of nitrogens with one attached hydrogen (secondary N) is 2. The lowest BCUT2D eigenvalue weighted by molar-refractivity contribution is -0.144. The molecule has 2 N–H and O–H groups in total. The van der Waals surface area contributed by atoms with Crippen LogP contribution in [0.1, 0.15) is 40.2 Å². The lowest BCUT2D eigenvalue weighted by Crippen LogP contribution is -2.46. The Labute approximate surface area is 182 Å². The van der Waals surface area contributed by atoms with Crippen molar-refractivity contribution in [3.05, 3.63) is 35.9 Å². The summed E-state index contributed by atoms with van der Waals surface area (Å²) in [5.41, 5.74) is 0.286. The first-order valence-electron chi connectivity index (χ1n) is 10.2. The van der Waals surface area contributed by atoms with E-state index >= 15 is 0 Å². The van der Waals surface area contributed by atoms with Gasteiger partial charge < -0.3 is 24.8 Å². The smallest absolute Gasteiger partial charge is 0.408 e. The second-order valence-electron chi connectivity index (χ2n) is 8.38. The molecule has 0 saturated carbocycles. The zero-order valence-electron chi connectivity index (χ0n) is 18.8. The molecule has 4 atom stereocenters. The number of alkyl carbamates (subject to hydrolysis) is 1. The van der Waals surface area contributed by atoms with Gasteiger partial charge in [-0.25, -0.2) is 14.6 Å². The molecule has 9 nitrogen and oxygen atoms in total. The van der Waals surface area contributed by atoms with E-state index in [1.54, 1.807) is 27.7 Å². The van der Waals surface area contributed by atoms with E-state index in [2.05, 4.69) is 20.4 Å². The standard InChI is InChI=1S/C22H31N3O6/c1-13(20(27)29-6)23-18(26)17-14(2)30-19(25-17)16(12-15-10-8-7-9-11-15)24-21(28)31-22(3,4)5/h7-11,13-14,16-17H,12H2,1-6H3,(H,23,26)(H,24,28)/t13-,14+,16-,17-/m0/s1. The van der Waals surface area contributed by atoms with Crippen molar-refractivity contribution in [1.29, 1.82) is 0 Å². The number of nitrogens with zero attached hydrogens (tertiary/aromatic N) is 1. The van der Waals surface area contributed by atoms with Gasteiger partial charge in [0, 0.05) is 6.42 Å². The Kier molecular flexibility index (Phi) is 8.01. The molecular formula is C22H31N3O6. The minimum absolute atomic E-state index is 0.230. The molecule has 0 aromatic heterocycles. The molecule has 0 radical (unpaired) electrons. The van der Waals surface area contributed by atoms with Gasteiger partial charge >= 0.3 is 12.1 Å². The molecule has 2 rings (SSSR count). The molecule has 0 bridgehead atoms. The first kappa shape index (κ1) is 24.2. The molecule has 0 spiro atoms. The third kappa shape index (κ3) is 7.27. The third-order valence-corrected chi connectivity index (χ3v) is 4.47. The van der Waals surface area contributed by atoms with E-state index in [0.717, 1.165) is 5.56 Å². The van der Waals surface area contributed by atoms with E-state index in [1.807, 2.05) is 30.3 Å². The van der Waals surface area contributed by atoms with Gasteiger partial charge in [-0.05, 0) is 40.2 Å². The van der Waals surface area contributed by atoms with Crippen LogP contribution in [0.25, 0.3) is 0 Å². The van der Waals surface area contributed by atoms with E-state index in [0.29, 0.717) is 6.42 Å². The van der Waals surface area contributed by atoms with Crippen LogP contribution in [0.2, 0.25) is 0 Å². The summed E-state index contributed by atoms with van der Waals surface area (Å²) in [4.78, 5) is 41.0. The van der Waals surface area contributed by atoms with Gasteiger partial charge in [0.25, 0.3) is 0 Å². The molecule has 0 unspecified atom stereocenters. The molecule has 1 heterocycles. The van der Waals surface area contributed by atoms with Gasteiger partial charge in [-0.3, -0.25) is 4.79 Å². The topological polar surface area (TPSA) is 115 Å². The third-order valence-electron chi connectivity index (χ3n) is 4.47. The van der Waals surface area contributed by atoms with Gasteiger partial charge in [-0.1, -0.05) is 30.3 Å². The lowest BCUT2D eigenvalue weighted by atomic mass is 10.1. The number of ether oxygens (including phenoxy) is 3. The van der Waals surface area contributed by atoms with Crippen molar-refractivity contribution in [2.75, 3.05) is 7.11 Å². The zero-order chi connectivity index (χ0) is 23.2. The highest BCUT2D eigenvalue weighted by atomic mass is 16.6. The normalized spacial score (nSPS) is 20.0. The number of esters is 1. The number of carbonyl (C=O) groups is 3. The van der Waals surface area contributed by atoms with Crippen molar-refractivity contribution < 1.29 is 28.6 Å². The van der Waals surface area contributed by atoms with Gasteiger partial charge in [-0.15, -0.1) is 0 Å². The Morgan fingerprint density at radius 2 is 1.81 bits per heavy atom. The predicted octanol–water partition coefficient (Wildman–Crippen LogP) is 1.99. The highest BCUT2D eigenvalue weighted by molar-refractivity contribution is 5.94. The molecule has 0 fully saturated rings. The largest absolute Gasteiger partial charge is 0.474 e. The van der Waals surface area contributed by atoms with Crippen LogP contribution in [-0.4, -0.2) is 60.8 Å². The predicted molar refractivity (Wildman–Crippen MR) is 115 cm³/mol. The molecule has 31 heavy (non-hydrogen) atoms. The fourth-order valence-electron chi connectivity index (χ4n) is 3.01. The minimum Gasteiger partial charge on any atom is -0.474 e. The summed E-state index contributed by atoms with van der Waals surface area (Å²) in [6.07, 6.45) is -0.781. The number of amides is 2. The number of methoxy groups -OCH3 is 1. The maximum atomic E-state index is 12.6. The SMILES string of the molecule is COC(=O)[C@H](C)NC(=O)[C@H]1N=C([C@H](Cc2ccccc2)NC(=O)OC(C)(C)C)O[C@@H]1C. The molecule has 1 aromatic carbocycles. The maximum Gasteiger partial charge on any atom is 0.408 e.